The standard InChI is InChI=1S/C13H17NO2S/c1-3-7-12-14-10-11(17-12)8-5-6-9-13(15)16-4-2/h5-6,8-10H,3-4,7H2,1-2H3/b8-5+,9-6+. The maximum Gasteiger partial charge on any atom is 0.330 e. The average Bonchev–Trinajstić information content (AvgIpc) is 2.73. The van der Waals surface area contributed by atoms with Crippen LogP contribution < -0.4 is 0 Å². The zero-order chi connectivity index (χ0) is 12.5. The molecule has 0 fully saturated rings. The molecule has 17 heavy (non-hydrogen) atoms. The van der Waals surface area contributed by atoms with E-state index in [0.29, 0.717) is 6.61 Å². The first kappa shape index (κ1) is 13.6. The maximum atomic E-state index is 11.0. The van der Waals surface area contributed by atoms with E-state index in [2.05, 4.69) is 11.9 Å². The molecule has 0 radical (unpaired) electrons. The fourth-order valence-electron chi connectivity index (χ4n) is 1.21. The molecular formula is C13H17NO2S. The van der Waals surface area contributed by atoms with Gasteiger partial charge in [0.2, 0.25) is 0 Å². The lowest BCUT2D eigenvalue weighted by Crippen LogP contribution is -1.98. The lowest BCUT2D eigenvalue weighted by atomic mass is 10.4. The first-order chi connectivity index (χ1) is 8.26. The number of ether oxygens (including phenoxy) is 1. The molecule has 0 saturated carbocycles. The Morgan fingerprint density at radius 1 is 1.47 bits per heavy atom. The number of allylic oxidation sites excluding steroid dienone is 2. The zero-order valence-electron chi connectivity index (χ0n) is 10.2. The number of aryl methyl sites for hydroxylation is 1. The Balaban J connectivity index is 2.44. The van der Waals surface area contributed by atoms with Gasteiger partial charge in [0.15, 0.2) is 0 Å². The fourth-order valence-corrected chi connectivity index (χ4v) is 2.14. The summed E-state index contributed by atoms with van der Waals surface area (Å²) in [5, 5.41) is 1.15. The van der Waals surface area contributed by atoms with Crippen molar-refractivity contribution >= 4 is 23.4 Å². The zero-order valence-corrected chi connectivity index (χ0v) is 11.0. The molecule has 0 N–H and O–H groups in total. The van der Waals surface area contributed by atoms with E-state index < -0.39 is 0 Å². The van der Waals surface area contributed by atoms with E-state index >= 15 is 0 Å². The number of nitrogens with zero attached hydrogens (tertiary/aromatic N) is 1. The van der Waals surface area contributed by atoms with Crippen LogP contribution in [-0.4, -0.2) is 17.6 Å². The van der Waals surface area contributed by atoms with Crippen molar-refractivity contribution in [2.75, 3.05) is 6.61 Å². The Morgan fingerprint density at radius 2 is 2.29 bits per heavy atom. The Kier molecular flexibility index (Phi) is 6.25. The Labute approximate surface area is 106 Å². The van der Waals surface area contributed by atoms with Gasteiger partial charge in [-0.25, -0.2) is 9.78 Å². The van der Waals surface area contributed by atoms with Crippen LogP contribution in [0.5, 0.6) is 0 Å². The predicted octanol–water partition coefficient (Wildman–Crippen LogP) is 3.23. The third-order valence-corrected chi connectivity index (χ3v) is 2.95. The number of esters is 1. The van der Waals surface area contributed by atoms with Gasteiger partial charge >= 0.3 is 5.97 Å². The number of rotatable bonds is 6. The number of carbonyl (C=O) groups excluding carboxylic acids is 1. The van der Waals surface area contributed by atoms with Gasteiger partial charge in [0, 0.05) is 17.2 Å². The summed E-state index contributed by atoms with van der Waals surface area (Å²) in [4.78, 5) is 16.4. The van der Waals surface area contributed by atoms with E-state index in [-0.39, 0.29) is 5.97 Å². The molecule has 0 spiro atoms. The van der Waals surface area contributed by atoms with Crippen molar-refractivity contribution in [1.29, 1.82) is 0 Å². The molecule has 0 aliphatic rings. The summed E-state index contributed by atoms with van der Waals surface area (Å²) in [7, 11) is 0. The SMILES string of the molecule is CCCc1ncc(/C=C/C=C/C(=O)OCC)s1. The smallest absolute Gasteiger partial charge is 0.330 e. The van der Waals surface area contributed by atoms with Gasteiger partial charge in [-0.2, -0.15) is 0 Å². The monoisotopic (exact) mass is 251 g/mol. The molecule has 0 saturated heterocycles. The first-order valence-corrected chi connectivity index (χ1v) is 6.54. The number of carbonyl (C=O) groups is 1. The Hall–Kier alpha value is -1.42. The molecule has 0 unspecified atom stereocenters. The highest BCUT2D eigenvalue weighted by Gasteiger charge is 1.97. The molecule has 0 aliphatic heterocycles. The lowest BCUT2D eigenvalue weighted by molar-refractivity contribution is -0.137. The van der Waals surface area contributed by atoms with Crippen LogP contribution in [0.2, 0.25) is 0 Å². The van der Waals surface area contributed by atoms with Crippen molar-refractivity contribution in [1.82, 2.24) is 4.98 Å². The molecule has 1 rings (SSSR count). The van der Waals surface area contributed by atoms with Crippen molar-refractivity contribution in [2.45, 2.75) is 26.7 Å². The first-order valence-electron chi connectivity index (χ1n) is 5.72. The van der Waals surface area contributed by atoms with Crippen molar-refractivity contribution in [3.63, 3.8) is 0 Å². The molecule has 1 heterocycles. The molecule has 1 aromatic rings. The van der Waals surface area contributed by atoms with Crippen LogP contribution in [0.15, 0.2) is 24.4 Å². The van der Waals surface area contributed by atoms with Crippen molar-refractivity contribution in [2.24, 2.45) is 0 Å². The maximum absolute atomic E-state index is 11.0. The van der Waals surface area contributed by atoms with E-state index in [1.165, 1.54) is 6.08 Å². The van der Waals surface area contributed by atoms with Crippen molar-refractivity contribution in [3.05, 3.63) is 34.3 Å². The summed E-state index contributed by atoms with van der Waals surface area (Å²) in [5.41, 5.74) is 0. The fraction of sp³-hybridized carbons (Fsp3) is 0.385. The van der Waals surface area contributed by atoms with Crippen LogP contribution in [0, 0.1) is 0 Å². The topological polar surface area (TPSA) is 39.2 Å². The molecule has 0 aromatic carbocycles. The van der Waals surface area contributed by atoms with E-state index in [1.54, 1.807) is 24.3 Å². The van der Waals surface area contributed by atoms with Crippen LogP contribution in [0.3, 0.4) is 0 Å². The van der Waals surface area contributed by atoms with Crippen molar-refractivity contribution in [3.8, 4) is 0 Å². The molecule has 0 bridgehead atoms. The highest BCUT2D eigenvalue weighted by atomic mass is 32.1. The number of hydrogen-bond donors (Lipinski definition) is 0. The third-order valence-electron chi connectivity index (χ3n) is 1.93. The molecular weight excluding hydrogens is 234 g/mol. The molecule has 0 atom stereocenters. The second-order valence-electron chi connectivity index (χ2n) is 3.38. The average molecular weight is 251 g/mol. The summed E-state index contributed by atoms with van der Waals surface area (Å²) in [6.45, 7) is 4.33. The minimum absolute atomic E-state index is 0.312. The molecule has 1 aromatic heterocycles. The van der Waals surface area contributed by atoms with Gasteiger partial charge in [-0.15, -0.1) is 11.3 Å². The van der Waals surface area contributed by atoms with Gasteiger partial charge in [-0.05, 0) is 25.8 Å². The van der Waals surface area contributed by atoms with E-state index in [0.717, 1.165) is 22.7 Å². The molecule has 4 heteroatoms. The summed E-state index contributed by atoms with van der Waals surface area (Å²) >= 11 is 1.68. The van der Waals surface area contributed by atoms with Crippen LogP contribution >= 0.6 is 11.3 Å². The predicted molar refractivity (Wildman–Crippen MR) is 70.9 cm³/mol. The van der Waals surface area contributed by atoms with Gasteiger partial charge in [-0.1, -0.05) is 19.1 Å². The van der Waals surface area contributed by atoms with E-state index in [4.69, 9.17) is 4.74 Å². The lowest BCUT2D eigenvalue weighted by Gasteiger charge is -1.92. The normalized spacial score (nSPS) is 11.4. The molecule has 0 aliphatic carbocycles. The summed E-state index contributed by atoms with van der Waals surface area (Å²) in [5.74, 6) is -0.312. The Morgan fingerprint density at radius 3 is 3.00 bits per heavy atom. The largest absolute Gasteiger partial charge is 0.463 e. The second-order valence-corrected chi connectivity index (χ2v) is 4.52. The minimum atomic E-state index is -0.312. The van der Waals surface area contributed by atoms with Gasteiger partial charge in [0.05, 0.1) is 11.6 Å². The van der Waals surface area contributed by atoms with E-state index in [1.807, 2.05) is 18.3 Å². The summed E-state index contributed by atoms with van der Waals surface area (Å²) < 4.78 is 4.76. The van der Waals surface area contributed by atoms with Crippen LogP contribution in [0.25, 0.3) is 6.08 Å². The summed E-state index contributed by atoms with van der Waals surface area (Å²) in [6.07, 6.45) is 10.8. The molecule has 3 nitrogen and oxygen atoms in total. The summed E-state index contributed by atoms with van der Waals surface area (Å²) in [6, 6.07) is 0. The van der Waals surface area contributed by atoms with Gasteiger partial charge in [-0.3, -0.25) is 0 Å². The molecule has 0 amide bonds. The van der Waals surface area contributed by atoms with Crippen LogP contribution in [-0.2, 0) is 16.0 Å². The Bertz CT molecular complexity index is 407. The third kappa shape index (κ3) is 5.45. The quantitative estimate of drug-likeness (QED) is 0.442. The number of hydrogen-bond acceptors (Lipinski definition) is 4. The van der Waals surface area contributed by atoms with Gasteiger partial charge in [0.1, 0.15) is 0 Å². The van der Waals surface area contributed by atoms with Crippen LogP contribution in [0.4, 0.5) is 0 Å². The number of thiazole rings is 1. The minimum Gasteiger partial charge on any atom is -0.463 e. The van der Waals surface area contributed by atoms with Gasteiger partial charge < -0.3 is 4.74 Å². The van der Waals surface area contributed by atoms with E-state index in [9.17, 15) is 4.79 Å². The number of aromatic nitrogens is 1. The van der Waals surface area contributed by atoms with Gasteiger partial charge in [0.25, 0.3) is 0 Å². The van der Waals surface area contributed by atoms with Crippen molar-refractivity contribution < 1.29 is 9.53 Å². The van der Waals surface area contributed by atoms with Crippen LogP contribution in [0.1, 0.15) is 30.2 Å². The highest BCUT2D eigenvalue weighted by molar-refractivity contribution is 7.12. The second kappa shape index (κ2) is 7.79. The molecule has 92 valence electrons. The highest BCUT2D eigenvalue weighted by Crippen LogP contribution is 2.15.